The molecule has 0 saturated carbocycles. The molecule has 0 aliphatic rings. The first-order chi connectivity index (χ1) is 27.2. The van der Waals surface area contributed by atoms with Crippen LogP contribution in [0.15, 0.2) is 0 Å². The molecule has 0 radical (unpaired) electrons. The van der Waals surface area contributed by atoms with Gasteiger partial charge in [-0.1, -0.05) is 15.9 Å². The standard InChI is InChI=1S/C32H52BrCl2N7O15/c33-17-25(44)39-8-12-55-13-15-56-20-28(47)40-22(2-4-30(49)50)31(51)41-23(32(52)53)1-3-24(43)38-7-11-54-14-16-57-21-29(48)42(9-5-36-26(45)18-34)10-6-37-27(46)19-35/h22-23H,1-21H2,(H,36,45)(H,37,46)(H,38,43)(H,39,44)(H,40,47)(H,41,51)(H,49,50)(H,52,53). The van der Waals surface area contributed by atoms with E-state index < -0.39 is 72.5 Å². The van der Waals surface area contributed by atoms with Crippen molar-refractivity contribution in [2.24, 2.45) is 0 Å². The second kappa shape index (κ2) is 34.2. The van der Waals surface area contributed by atoms with Crippen molar-refractivity contribution in [3.63, 3.8) is 0 Å². The van der Waals surface area contributed by atoms with E-state index in [9.17, 15) is 48.3 Å². The van der Waals surface area contributed by atoms with Crippen molar-refractivity contribution >= 4 is 92.4 Å². The van der Waals surface area contributed by atoms with Gasteiger partial charge in [-0.05, 0) is 12.8 Å². The summed E-state index contributed by atoms with van der Waals surface area (Å²) in [4.78, 5) is 108. The Morgan fingerprint density at radius 3 is 1.56 bits per heavy atom. The van der Waals surface area contributed by atoms with E-state index in [0.29, 0.717) is 0 Å². The summed E-state index contributed by atoms with van der Waals surface area (Å²) in [5, 5.41) is 33.6. The van der Waals surface area contributed by atoms with Gasteiger partial charge in [0.25, 0.3) is 0 Å². The van der Waals surface area contributed by atoms with Crippen LogP contribution in [0.25, 0.3) is 0 Å². The zero-order chi connectivity index (χ0) is 42.8. The van der Waals surface area contributed by atoms with Gasteiger partial charge in [-0.25, -0.2) is 4.79 Å². The van der Waals surface area contributed by atoms with Crippen LogP contribution in [-0.4, -0.2) is 190 Å². The number of rotatable bonds is 35. The molecule has 0 aliphatic carbocycles. The van der Waals surface area contributed by atoms with Gasteiger partial charge in [0.1, 0.15) is 37.1 Å². The summed E-state index contributed by atoms with van der Waals surface area (Å²) in [5.41, 5.74) is 0. The Morgan fingerprint density at radius 1 is 0.561 bits per heavy atom. The van der Waals surface area contributed by atoms with E-state index in [-0.39, 0.29) is 128 Å². The fourth-order valence-electron chi connectivity index (χ4n) is 4.21. The lowest BCUT2D eigenvalue weighted by atomic mass is 10.1. The lowest BCUT2D eigenvalue weighted by Crippen LogP contribution is -2.52. The van der Waals surface area contributed by atoms with Crippen molar-refractivity contribution in [1.29, 1.82) is 0 Å². The number of nitrogens with zero attached hydrogens (tertiary/aromatic N) is 1. The summed E-state index contributed by atoms with van der Waals surface area (Å²) in [5.74, 6) is -6.91. The largest absolute Gasteiger partial charge is 0.481 e. The minimum atomic E-state index is -1.54. The number of ether oxygens (including phenoxy) is 4. The molecular formula is C32H52BrCl2N7O15. The first-order valence-electron chi connectivity index (χ1n) is 17.6. The number of nitrogens with one attached hydrogen (secondary N) is 6. The van der Waals surface area contributed by atoms with E-state index >= 15 is 0 Å². The Balaban J connectivity index is 4.58. The van der Waals surface area contributed by atoms with Crippen molar-refractivity contribution in [3.05, 3.63) is 0 Å². The van der Waals surface area contributed by atoms with Crippen molar-refractivity contribution in [2.45, 2.75) is 37.8 Å². The second-order valence-corrected chi connectivity index (χ2v) is 12.6. The molecule has 0 rings (SSSR count). The molecule has 0 bridgehead atoms. The molecule has 326 valence electrons. The molecule has 0 fully saturated rings. The predicted octanol–water partition coefficient (Wildman–Crippen LogP) is -3.08. The van der Waals surface area contributed by atoms with Gasteiger partial charge in [-0.2, -0.15) is 0 Å². The lowest BCUT2D eigenvalue weighted by Gasteiger charge is -2.23. The van der Waals surface area contributed by atoms with E-state index in [4.69, 9.17) is 47.3 Å². The maximum Gasteiger partial charge on any atom is 0.326 e. The molecule has 0 heterocycles. The van der Waals surface area contributed by atoms with Crippen LogP contribution in [0.3, 0.4) is 0 Å². The van der Waals surface area contributed by atoms with Crippen LogP contribution in [0.4, 0.5) is 0 Å². The Kier molecular flexibility index (Phi) is 31.9. The van der Waals surface area contributed by atoms with Crippen LogP contribution >= 0.6 is 39.1 Å². The average Bonchev–Trinajstić information content (AvgIpc) is 3.18. The third kappa shape index (κ3) is 30.0. The molecule has 0 aromatic rings. The number of amides is 7. The molecule has 57 heavy (non-hydrogen) atoms. The number of carbonyl (C=O) groups is 9. The first-order valence-corrected chi connectivity index (χ1v) is 19.8. The lowest BCUT2D eigenvalue weighted by molar-refractivity contribution is -0.143. The zero-order valence-corrected chi connectivity index (χ0v) is 34.4. The number of carbonyl (C=O) groups excluding carboxylic acids is 7. The highest BCUT2D eigenvalue weighted by atomic mass is 79.9. The van der Waals surface area contributed by atoms with Crippen molar-refractivity contribution < 1.29 is 72.3 Å². The molecule has 2 atom stereocenters. The Bertz CT molecular complexity index is 1270. The van der Waals surface area contributed by atoms with Gasteiger partial charge in [0.15, 0.2) is 0 Å². The number of aliphatic carboxylic acids is 2. The van der Waals surface area contributed by atoms with Crippen LogP contribution in [0.1, 0.15) is 25.7 Å². The van der Waals surface area contributed by atoms with Crippen molar-refractivity contribution in [1.82, 2.24) is 36.8 Å². The Labute approximate surface area is 347 Å². The number of alkyl halides is 3. The first kappa shape index (κ1) is 53.1. The molecular weight excluding hydrogens is 873 g/mol. The zero-order valence-electron chi connectivity index (χ0n) is 31.3. The van der Waals surface area contributed by atoms with E-state index in [1.807, 2.05) is 0 Å². The average molecular weight is 926 g/mol. The number of hydrogen-bond donors (Lipinski definition) is 8. The summed E-state index contributed by atoms with van der Waals surface area (Å²) >= 11 is 13.9. The van der Waals surface area contributed by atoms with Crippen molar-refractivity contribution in [3.8, 4) is 0 Å². The molecule has 0 aliphatic heterocycles. The van der Waals surface area contributed by atoms with E-state index in [2.05, 4.69) is 47.8 Å². The molecule has 0 saturated heterocycles. The van der Waals surface area contributed by atoms with E-state index in [1.165, 1.54) is 4.90 Å². The molecule has 0 spiro atoms. The third-order valence-electron chi connectivity index (χ3n) is 7.04. The molecule has 25 heteroatoms. The van der Waals surface area contributed by atoms with Crippen LogP contribution in [0.2, 0.25) is 0 Å². The minimum absolute atomic E-state index is 0.00102. The fraction of sp³-hybridized carbons (Fsp3) is 0.719. The van der Waals surface area contributed by atoms with Gasteiger partial charge >= 0.3 is 11.9 Å². The predicted molar refractivity (Wildman–Crippen MR) is 205 cm³/mol. The smallest absolute Gasteiger partial charge is 0.326 e. The van der Waals surface area contributed by atoms with Gasteiger partial charge < -0.3 is 66.0 Å². The maximum atomic E-state index is 12.9. The molecule has 8 N–H and O–H groups in total. The fourth-order valence-corrected chi connectivity index (χ4v) is 4.60. The Morgan fingerprint density at radius 2 is 1.05 bits per heavy atom. The topological polar surface area (TPSA) is 306 Å². The highest BCUT2D eigenvalue weighted by Crippen LogP contribution is 2.04. The van der Waals surface area contributed by atoms with Crippen LogP contribution in [-0.2, 0) is 62.1 Å². The molecule has 0 aromatic carbocycles. The summed E-state index contributed by atoms with van der Waals surface area (Å²) < 4.78 is 21.1. The van der Waals surface area contributed by atoms with E-state index in [0.717, 1.165) is 0 Å². The number of hydrogen-bond acceptors (Lipinski definition) is 13. The molecule has 2 unspecified atom stereocenters. The van der Waals surface area contributed by atoms with Gasteiger partial charge in [0, 0.05) is 52.1 Å². The summed E-state index contributed by atoms with van der Waals surface area (Å²) in [6.45, 7) is 0.497. The van der Waals surface area contributed by atoms with E-state index in [1.54, 1.807) is 0 Å². The number of carboxylic acid groups (broad SMARTS) is 2. The van der Waals surface area contributed by atoms with Gasteiger partial charge in [0.2, 0.25) is 41.4 Å². The molecule has 22 nitrogen and oxygen atoms in total. The normalized spacial score (nSPS) is 11.7. The second-order valence-electron chi connectivity index (χ2n) is 11.5. The summed E-state index contributed by atoms with van der Waals surface area (Å²) in [6.07, 6.45) is -1.50. The maximum absolute atomic E-state index is 12.9. The summed E-state index contributed by atoms with van der Waals surface area (Å²) in [6, 6.07) is -2.95. The Hall–Kier alpha value is -3.87. The highest BCUT2D eigenvalue weighted by Gasteiger charge is 2.27. The number of carboxylic acids is 2. The number of halogens is 3. The highest BCUT2D eigenvalue weighted by molar-refractivity contribution is 9.09. The monoisotopic (exact) mass is 923 g/mol. The molecule has 7 amide bonds. The molecule has 0 aromatic heterocycles. The van der Waals surface area contributed by atoms with Crippen LogP contribution in [0, 0.1) is 0 Å². The SMILES string of the molecule is O=C(O)CCC(NC(=O)COCCOCCNC(=O)CBr)C(=O)NC(CCC(=O)NCCOCCOCC(=O)N(CCNC(=O)CCl)CCNC(=O)CCl)C(=O)O. The van der Waals surface area contributed by atoms with Crippen LogP contribution < -0.4 is 31.9 Å². The van der Waals surface area contributed by atoms with Crippen molar-refractivity contribution in [2.75, 3.05) is 109 Å². The van der Waals surface area contributed by atoms with Gasteiger partial charge in [-0.3, -0.25) is 38.4 Å². The summed E-state index contributed by atoms with van der Waals surface area (Å²) in [7, 11) is 0. The quantitative estimate of drug-likeness (QED) is 0.0231. The van der Waals surface area contributed by atoms with Crippen LogP contribution in [0.5, 0.6) is 0 Å². The third-order valence-corrected chi connectivity index (χ3v) is 8.03. The minimum Gasteiger partial charge on any atom is -0.481 e. The van der Waals surface area contributed by atoms with Gasteiger partial charge in [-0.15, -0.1) is 23.2 Å². The van der Waals surface area contributed by atoms with Gasteiger partial charge in [0.05, 0.1) is 45.0 Å².